The zero-order chi connectivity index (χ0) is 25.2. The summed E-state index contributed by atoms with van der Waals surface area (Å²) < 4.78 is 38.6. The van der Waals surface area contributed by atoms with Crippen LogP contribution in [0.5, 0.6) is 0 Å². The summed E-state index contributed by atoms with van der Waals surface area (Å²) in [5.41, 5.74) is -1.87. The molecular weight excluding hydrogens is 481 g/mol. The van der Waals surface area contributed by atoms with Crippen molar-refractivity contribution < 1.29 is 27.9 Å². The molecule has 2 amide bonds. The SMILES string of the molecule is Cc1ncc(C2(O)CCC(NC3CCN(C(=O)CNC(=O)c4cccc(C(F)(F)F)c4)C3)CC2)s1. The van der Waals surface area contributed by atoms with Gasteiger partial charge in [-0.2, -0.15) is 13.2 Å². The minimum atomic E-state index is -4.54. The van der Waals surface area contributed by atoms with Crippen molar-refractivity contribution >= 4 is 23.2 Å². The summed E-state index contributed by atoms with van der Waals surface area (Å²) in [5.74, 6) is -0.989. The fourth-order valence-electron chi connectivity index (χ4n) is 4.75. The normalized spacial score (nSPS) is 25.0. The van der Waals surface area contributed by atoms with Crippen molar-refractivity contribution in [2.75, 3.05) is 19.6 Å². The van der Waals surface area contributed by atoms with E-state index in [1.165, 1.54) is 23.5 Å². The lowest BCUT2D eigenvalue weighted by molar-refractivity contribution is -0.137. The predicted molar refractivity (Wildman–Crippen MR) is 125 cm³/mol. The van der Waals surface area contributed by atoms with Gasteiger partial charge in [-0.25, -0.2) is 4.98 Å². The number of benzene rings is 1. The van der Waals surface area contributed by atoms with Gasteiger partial charge in [-0.15, -0.1) is 11.3 Å². The van der Waals surface area contributed by atoms with Crippen LogP contribution in [0.1, 0.15) is 57.9 Å². The molecule has 2 fully saturated rings. The number of hydrogen-bond acceptors (Lipinski definition) is 6. The third kappa shape index (κ3) is 6.20. The van der Waals surface area contributed by atoms with Gasteiger partial charge in [0, 0.05) is 36.9 Å². The molecule has 0 spiro atoms. The van der Waals surface area contributed by atoms with Gasteiger partial charge < -0.3 is 20.6 Å². The average molecular weight is 511 g/mol. The number of aliphatic hydroxyl groups is 1. The van der Waals surface area contributed by atoms with Gasteiger partial charge in [-0.05, 0) is 57.2 Å². The van der Waals surface area contributed by atoms with Crippen molar-refractivity contribution in [2.45, 2.75) is 62.9 Å². The molecule has 190 valence electrons. The Morgan fingerprint density at radius 2 is 1.97 bits per heavy atom. The lowest BCUT2D eigenvalue weighted by Crippen LogP contribution is -2.46. The fraction of sp³-hybridized carbons (Fsp3) is 0.542. The Balaban J connectivity index is 1.21. The molecule has 35 heavy (non-hydrogen) atoms. The third-order valence-corrected chi connectivity index (χ3v) is 7.86. The van der Waals surface area contributed by atoms with Crippen LogP contribution in [-0.4, -0.2) is 58.5 Å². The third-order valence-electron chi connectivity index (χ3n) is 6.76. The van der Waals surface area contributed by atoms with E-state index in [1.54, 1.807) is 11.1 Å². The van der Waals surface area contributed by atoms with E-state index in [0.29, 0.717) is 25.9 Å². The maximum atomic E-state index is 12.9. The predicted octanol–water partition coefficient (Wildman–Crippen LogP) is 3.22. The highest BCUT2D eigenvalue weighted by atomic mass is 32.1. The first kappa shape index (κ1) is 25.6. The van der Waals surface area contributed by atoms with Crippen LogP contribution in [0.15, 0.2) is 30.5 Å². The van der Waals surface area contributed by atoms with Crippen LogP contribution in [0.3, 0.4) is 0 Å². The van der Waals surface area contributed by atoms with Crippen molar-refractivity contribution in [1.82, 2.24) is 20.5 Å². The molecule has 1 aromatic heterocycles. The van der Waals surface area contributed by atoms with Gasteiger partial charge in [0.2, 0.25) is 5.91 Å². The summed E-state index contributed by atoms with van der Waals surface area (Å²) >= 11 is 1.53. The number of nitrogens with zero attached hydrogens (tertiary/aromatic N) is 2. The second-order valence-corrected chi connectivity index (χ2v) is 10.5. The molecule has 3 N–H and O–H groups in total. The molecule has 2 aliphatic rings. The largest absolute Gasteiger partial charge is 0.416 e. The van der Waals surface area contributed by atoms with Crippen LogP contribution >= 0.6 is 11.3 Å². The van der Waals surface area contributed by atoms with E-state index in [-0.39, 0.29) is 30.1 Å². The molecule has 2 aromatic rings. The highest BCUT2D eigenvalue weighted by molar-refractivity contribution is 7.11. The van der Waals surface area contributed by atoms with Gasteiger partial charge in [-0.1, -0.05) is 6.07 Å². The number of nitrogens with one attached hydrogen (secondary N) is 2. The monoisotopic (exact) mass is 510 g/mol. The Morgan fingerprint density at radius 3 is 2.63 bits per heavy atom. The lowest BCUT2D eigenvalue weighted by atomic mass is 9.81. The lowest BCUT2D eigenvalue weighted by Gasteiger charge is -2.36. The Hall–Kier alpha value is -2.50. The first-order chi connectivity index (χ1) is 16.5. The molecule has 11 heteroatoms. The zero-order valence-corrected chi connectivity index (χ0v) is 20.2. The van der Waals surface area contributed by atoms with Gasteiger partial charge in [0.1, 0.15) is 5.60 Å². The number of amides is 2. The molecule has 0 radical (unpaired) electrons. The van der Waals surface area contributed by atoms with E-state index in [4.69, 9.17) is 0 Å². The molecule has 1 aromatic carbocycles. The van der Waals surface area contributed by atoms with Gasteiger partial charge in [-0.3, -0.25) is 9.59 Å². The van der Waals surface area contributed by atoms with Crippen molar-refractivity contribution in [1.29, 1.82) is 0 Å². The molecule has 1 unspecified atom stereocenters. The van der Waals surface area contributed by atoms with Gasteiger partial charge >= 0.3 is 6.18 Å². The summed E-state index contributed by atoms with van der Waals surface area (Å²) in [4.78, 5) is 31.6. The van der Waals surface area contributed by atoms with Crippen LogP contribution in [0.2, 0.25) is 0 Å². The number of rotatable bonds is 6. The average Bonchev–Trinajstić information content (AvgIpc) is 3.48. The minimum absolute atomic E-state index is 0.125. The Bertz CT molecular complexity index is 1070. The fourth-order valence-corrected chi connectivity index (χ4v) is 5.67. The second-order valence-electron chi connectivity index (χ2n) is 9.30. The molecule has 0 bridgehead atoms. The van der Waals surface area contributed by atoms with Crippen molar-refractivity contribution in [3.63, 3.8) is 0 Å². The van der Waals surface area contributed by atoms with Crippen LogP contribution in [-0.2, 0) is 16.6 Å². The first-order valence-electron chi connectivity index (χ1n) is 11.7. The standard InChI is InChI=1S/C24H29F3N4O3S/c1-15-28-12-20(35-15)23(34)8-5-18(6-9-23)30-19-7-10-31(14-19)21(32)13-29-22(33)16-3-2-4-17(11-16)24(25,26)27/h2-4,11-12,18-19,30,34H,5-10,13-14H2,1H3,(H,29,33). The molecular formula is C24H29F3N4O3S. The summed E-state index contributed by atoms with van der Waals surface area (Å²) in [7, 11) is 0. The second kappa shape index (κ2) is 10.2. The van der Waals surface area contributed by atoms with Gasteiger partial charge in [0.05, 0.1) is 22.0 Å². The highest BCUT2D eigenvalue weighted by Gasteiger charge is 2.37. The minimum Gasteiger partial charge on any atom is -0.384 e. The van der Waals surface area contributed by atoms with Crippen LogP contribution in [0.4, 0.5) is 13.2 Å². The smallest absolute Gasteiger partial charge is 0.384 e. The molecule has 1 atom stereocenters. The van der Waals surface area contributed by atoms with Crippen molar-refractivity contribution in [2.24, 2.45) is 0 Å². The Morgan fingerprint density at radius 1 is 1.23 bits per heavy atom. The van der Waals surface area contributed by atoms with Crippen LogP contribution < -0.4 is 10.6 Å². The van der Waals surface area contributed by atoms with Gasteiger partial charge in [0.15, 0.2) is 0 Å². The topological polar surface area (TPSA) is 94.6 Å². The first-order valence-corrected chi connectivity index (χ1v) is 12.5. The maximum Gasteiger partial charge on any atom is 0.416 e. The molecule has 1 saturated heterocycles. The van der Waals surface area contributed by atoms with E-state index >= 15 is 0 Å². The summed E-state index contributed by atoms with van der Waals surface area (Å²) in [6.07, 6.45) is 0.964. The van der Waals surface area contributed by atoms with E-state index in [0.717, 1.165) is 41.3 Å². The van der Waals surface area contributed by atoms with E-state index < -0.39 is 23.2 Å². The number of likely N-dealkylation sites (tertiary alicyclic amines) is 1. The van der Waals surface area contributed by atoms with E-state index in [2.05, 4.69) is 15.6 Å². The number of alkyl halides is 3. The highest BCUT2D eigenvalue weighted by Crippen LogP contribution is 2.39. The Labute approximate surface area is 205 Å². The maximum absolute atomic E-state index is 12.9. The molecule has 2 heterocycles. The molecule has 4 rings (SSSR count). The quantitative estimate of drug-likeness (QED) is 0.555. The van der Waals surface area contributed by atoms with Gasteiger partial charge in [0.25, 0.3) is 5.91 Å². The Kier molecular flexibility index (Phi) is 7.48. The molecule has 1 aliphatic heterocycles. The molecule has 1 saturated carbocycles. The number of aromatic nitrogens is 1. The number of halogens is 3. The number of thiazole rings is 1. The molecule has 1 aliphatic carbocycles. The number of carbonyl (C=O) groups excluding carboxylic acids is 2. The van der Waals surface area contributed by atoms with E-state index in [1.807, 2.05) is 6.92 Å². The zero-order valence-electron chi connectivity index (χ0n) is 19.4. The van der Waals surface area contributed by atoms with E-state index in [9.17, 15) is 27.9 Å². The van der Waals surface area contributed by atoms with Crippen LogP contribution in [0, 0.1) is 6.92 Å². The van der Waals surface area contributed by atoms with Crippen molar-refractivity contribution in [3.8, 4) is 0 Å². The van der Waals surface area contributed by atoms with Crippen LogP contribution in [0.25, 0.3) is 0 Å². The number of carbonyl (C=O) groups is 2. The number of hydrogen-bond donors (Lipinski definition) is 3. The van der Waals surface area contributed by atoms with Crippen molar-refractivity contribution in [3.05, 3.63) is 51.5 Å². The summed E-state index contributed by atoms with van der Waals surface area (Å²) in [6.45, 7) is 2.71. The molecule has 7 nitrogen and oxygen atoms in total. The summed E-state index contributed by atoms with van der Waals surface area (Å²) in [6, 6.07) is 4.50. The number of aryl methyl sites for hydroxylation is 1. The summed E-state index contributed by atoms with van der Waals surface area (Å²) in [5, 5.41) is 18.0.